The van der Waals surface area contributed by atoms with E-state index in [0.717, 1.165) is 24.2 Å². The van der Waals surface area contributed by atoms with E-state index in [9.17, 15) is 9.90 Å². The number of likely N-dealkylation sites (tertiary alicyclic amines) is 1. The van der Waals surface area contributed by atoms with Crippen LogP contribution in [-0.2, 0) is 5.54 Å². The predicted octanol–water partition coefficient (Wildman–Crippen LogP) is 2.46. The Bertz CT molecular complexity index is 841. The molecule has 1 atom stereocenters. The molecule has 0 aliphatic carbocycles. The smallest absolute Gasteiger partial charge is 0.408 e. The lowest BCUT2D eigenvalue weighted by Crippen LogP contribution is -2.53. The molecule has 1 unspecified atom stereocenters. The van der Waals surface area contributed by atoms with E-state index >= 15 is 0 Å². The second-order valence-electron chi connectivity index (χ2n) is 5.77. The summed E-state index contributed by atoms with van der Waals surface area (Å²) in [6.07, 6.45) is 6.83. The lowest BCUT2D eigenvalue weighted by molar-refractivity contribution is 0.0623. The van der Waals surface area contributed by atoms with Crippen LogP contribution in [0.5, 0.6) is 0 Å². The molecule has 3 aromatic rings. The van der Waals surface area contributed by atoms with Gasteiger partial charge in [0, 0.05) is 30.7 Å². The highest BCUT2D eigenvalue weighted by Crippen LogP contribution is 2.42. The highest BCUT2D eigenvalue weighted by molar-refractivity contribution is 5.68. The van der Waals surface area contributed by atoms with Crippen molar-refractivity contribution in [2.75, 3.05) is 6.54 Å². The number of H-pyrrole nitrogens is 1. The average Bonchev–Trinajstić information content (AvgIpc) is 3.25. The van der Waals surface area contributed by atoms with Crippen molar-refractivity contribution in [3.8, 4) is 0 Å². The Balaban J connectivity index is 2.03. The lowest BCUT2D eigenvalue weighted by Gasteiger charge is -2.45. The Morgan fingerprint density at radius 1 is 1.26 bits per heavy atom. The zero-order valence-corrected chi connectivity index (χ0v) is 12.5. The fraction of sp³-hybridized carbons (Fsp3) is 0.312. The van der Waals surface area contributed by atoms with Crippen LogP contribution in [0.25, 0.3) is 5.65 Å². The highest BCUT2D eigenvalue weighted by Gasteiger charge is 2.47. The van der Waals surface area contributed by atoms with Gasteiger partial charge in [0.05, 0.1) is 11.9 Å². The quantitative estimate of drug-likeness (QED) is 0.761. The second kappa shape index (κ2) is 5.12. The van der Waals surface area contributed by atoms with Crippen molar-refractivity contribution in [1.82, 2.24) is 24.5 Å². The van der Waals surface area contributed by atoms with Gasteiger partial charge in [-0.15, -0.1) is 0 Å². The third-order valence-electron chi connectivity index (χ3n) is 4.62. The number of fused-ring (bicyclic) bond motifs is 1. The Hall–Kier alpha value is -2.83. The summed E-state index contributed by atoms with van der Waals surface area (Å²) in [6.45, 7) is 0.499. The minimum absolute atomic E-state index is 0.499. The van der Waals surface area contributed by atoms with Gasteiger partial charge in [-0.05, 0) is 37.5 Å². The molecule has 0 bridgehead atoms. The molecule has 0 radical (unpaired) electrons. The van der Waals surface area contributed by atoms with E-state index in [1.807, 2.05) is 30.5 Å². The number of piperidine rings is 1. The zero-order valence-electron chi connectivity index (χ0n) is 12.5. The van der Waals surface area contributed by atoms with E-state index in [0.29, 0.717) is 18.6 Å². The van der Waals surface area contributed by atoms with Gasteiger partial charge in [0.1, 0.15) is 5.54 Å². The Labute approximate surface area is 132 Å². The van der Waals surface area contributed by atoms with Crippen LogP contribution in [-0.4, -0.2) is 42.2 Å². The van der Waals surface area contributed by atoms with Gasteiger partial charge >= 0.3 is 6.09 Å². The normalized spacial score (nSPS) is 21.7. The molecule has 7 nitrogen and oxygen atoms in total. The van der Waals surface area contributed by atoms with Gasteiger partial charge in [-0.3, -0.25) is 4.90 Å². The van der Waals surface area contributed by atoms with Gasteiger partial charge in [0.15, 0.2) is 5.65 Å². The SMILES string of the molecule is O=C(O)N1CCCCC1(c1ccc[nH]1)c1ccnc2ccnn12. The van der Waals surface area contributed by atoms with Gasteiger partial charge in [-0.25, -0.2) is 14.3 Å². The number of nitrogens with zero attached hydrogens (tertiary/aromatic N) is 4. The third kappa shape index (κ3) is 1.93. The maximum absolute atomic E-state index is 12.0. The Kier molecular flexibility index (Phi) is 3.07. The molecular weight excluding hydrogens is 294 g/mol. The van der Waals surface area contributed by atoms with E-state index < -0.39 is 11.6 Å². The molecule has 1 amide bonds. The fourth-order valence-corrected chi connectivity index (χ4v) is 3.66. The molecule has 3 aromatic heterocycles. The number of carboxylic acid groups (broad SMARTS) is 1. The average molecular weight is 311 g/mol. The summed E-state index contributed by atoms with van der Waals surface area (Å²) in [4.78, 5) is 21.0. The number of hydrogen-bond acceptors (Lipinski definition) is 3. The monoisotopic (exact) mass is 311 g/mol. The van der Waals surface area contributed by atoms with Crippen LogP contribution in [0.1, 0.15) is 30.7 Å². The van der Waals surface area contributed by atoms with Crippen LogP contribution >= 0.6 is 0 Å². The predicted molar refractivity (Wildman–Crippen MR) is 83.1 cm³/mol. The summed E-state index contributed by atoms with van der Waals surface area (Å²) in [6, 6.07) is 7.52. The molecule has 1 saturated heterocycles. The summed E-state index contributed by atoms with van der Waals surface area (Å²) in [5.74, 6) is 0. The number of carbonyl (C=O) groups is 1. The van der Waals surface area contributed by atoms with Gasteiger partial charge in [0.2, 0.25) is 0 Å². The van der Waals surface area contributed by atoms with Gasteiger partial charge < -0.3 is 10.1 Å². The van der Waals surface area contributed by atoms with Crippen LogP contribution in [0.15, 0.2) is 42.9 Å². The molecule has 1 fully saturated rings. The topological polar surface area (TPSA) is 86.5 Å². The van der Waals surface area contributed by atoms with Gasteiger partial charge in [-0.1, -0.05) is 0 Å². The van der Waals surface area contributed by atoms with E-state index in [-0.39, 0.29) is 0 Å². The first kappa shape index (κ1) is 13.8. The molecule has 0 saturated carbocycles. The van der Waals surface area contributed by atoms with E-state index in [2.05, 4.69) is 15.1 Å². The first-order valence-corrected chi connectivity index (χ1v) is 7.67. The van der Waals surface area contributed by atoms with Crippen molar-refractivity contribution in [3.05, 3.63) is 54.2 Å². The summed E-state index contributed by atoms with van der Waals surface area (Å²) in [7, 11) is 0. The molecule has 1 aliphatic rings. The number of aromatic nitrogens is 4. The second-order valence-corrected chi connectivity index (χ2v) is 5.77. The fourth-order valence-electron chi connectivity index (χ4n) is 3.66. The standard InChI is InChI=1S/C16H17N5O2/c22-15(23)20-11-2-1-7-16(20,12-4-3-8-17-12)13-5-9-18-14-6-10-19-21(13)14/h3-6,8-10,17H,1-2,7,11H2,(H,22,23). The molecule has 118 valence electrons. The minimum atomic E-state index is -0.920. The Morgan fingerprint density at radius 3 is 2.96 bits per heavy atom. The molecule has 2 N–H and O–H groups in total. The summed E-state index contributed by atoms with van der Waals surface area (Å²) in [5, 5.41) is 14.2. The number of hydrogen-bond donors (Lipinski definition) is 2. The van der Waals surface area contributed by atoms with Crippen LogP contribution < -0.4 is 0 Å². The minimum Gasteiger partial charge on any atom is -0.465 e. The molecule has 0 aromatic carbocycles. The maximum atomic E-state index is 12.0. The highest BCUT2D eigenvalue weighted by atomic mass is 16.4. The molecule has 7 heteroatoms. The number of aromatic amines is 1. The molecule has 4 rings (SSSR count). The van der Waals surface area contributed by atoms with Crippen molar-refractivity contribution in [2.45, 2.75) is 24.8 Å². The van der Waals surface area contributed by atoms with Crippen molar-refractivity contribution in [3.63, 3.8) is 0 Å². The van der Waals surface area contributed by atoms with E-state index in [1.54, 1.807) is 16.9 Å². The molecular formula is C16H17N5O2. The molecule has 23 heavy (non-hydrogen) atoms. The number of rotatable bonds is 2. The first-order valence-electron chi connectivity index (χ1n) is 7.67. The molecule has 4 heterocycles. The lowest BCUT2D eigenvalue weighted by atomic mass is 9.80. The first-order chi connectivity index (χ1) is 11.2. The third-order valence-corrected chi connectivity index (χ3v) is 4.62. The summed E-state index contributed by atoms with van der Waals surface area (Å²) in [5.41, 5.74) is 1.62. The number of nitrogens with one attached hydrogen (secondary N) is 1. The summed E-state index contributed by atoms with van der Waals surface area (Å²) >= 11 is 0. The van der Waals surface area contributed by atoms with Crippen molar-refractivity contribution in [2.24, 2.45) is 0 Å². The Morgan fingerprint density at radius 2 is 2.17 bits per heavy atom. The summed E-state index contributed by atoms with van der Waals surface area (Å²) < 4.78 is 1.74. The molecule has 1 aliphatic heterocycles. The maximum Gasteiger partial charge on any atom is 0.408 e. The van der Waals surface area contributed by atoms with Gasteiger partial charge in [0.25, 0.3) is 0 Å². The van der Waals surface area contributed by atoms with Crippen LogP contribution in [0, 0.1) is 0 Å². The number of amides is 1. The van der Waals surface area contributed by atoms with Crippen molar-refractivity contribution in [1.29, 1.82) is 0 Å². The van der Waals surface area contributed by atoms with Gasteiger partial charge in [-0.2, -0.15) is 5.10 Å². The largest absolute Gasteiger partial charge is 0.465 e. The van der Waals surface area contributed by atoms with Crippen molar-refractivity contribution < 1.29 is 9.90 Å². The van der Waals surface area contributed by atoms with Crippen molar-refractivity contribution >= 4 is 11.7 Å². The van der Waals surface area contributed by atoms with Crippen LogP contribution in [0.3, 0.4) is 0 Å². The molecule has 0 spiro atoms. The zero-order chi connectivity index (χ0) is 15.9. The van der Waals surface area contributed by atoms with Crippen LogP contribution in [0.4, 0.5) is 4.79 Å². The van der Waals surface area contributed by atoms with E-state index in [4.69, 9.17) is 0 Å². The van der Waals surface area contributed by atoms with Crippen LogP contribution in [0.2, 0.25) is 0 Å². The van der Waals surface area contributed by atoms with E-state index in [1.165, 1.54) is 4.90 Å².